The molecule has 0 saturated carbocycles. The molecule has 0 radical (unpaired) electrons. The van der Waals surface area contributed by atoms with Gasteiger partial charge in [0.25, 0.3) is 0 Å². The minimum atomic E-state index is 0. The first kappa shape index (κ1) is 0. The standard InChI is InChI=1S/30CH4.10H2/h30*1H4;10*1H/i;;;;;;;;;;;;;;;;;;;;;;;;;;;;;;10*1+2. The van der Waals surface area contributed by atoms with Crippen molar-refractivity contribution in [3.05, 3.63) is 0 Å². The molecule has 0 aliphatic rings. The van der Waals surface area contributed by atoms with Gasteiger partial charge in [-0.1, -0.05) is 223 Å². The Bertz CT molecular complexity index is 32.5. The average molecular weight is 522 g/mol. The third kappa shape index (κ3) is 0. The fourth-order valence-electron chi connectivity index (χ4n) is 0. The number of hydrogen-bond acceptors (Lipinski definition) is 0. The van der Waals surface area contributed by atoms with E-state index < -0.39 is 0 Å². The molecule has 0 nitrogen and oxygen atoms in total. The quantitative estimate of drug-likeness (QED) is 0.297. The first-order valence-corrected chi connectivity index (χ1v) is 0. The minimum absolute atomic E-state index is 0. The molecule has 0 rings (SSSR count). The molecule has 0 heteroatoms. The van der Waals surface area contributed by atoms with Crippen LogP contribution >= 0.6 is 0 Å². The first-order valence-electron chi connectivity index (χ1n) is 0. The van der Waals surface area contributed by atoms with Gasteiger partial charge in [0.05, 0.1) is 0 Å². The largest absolute Gasteiger partial charge is 0.0776 e. The average Bonchev–Trinajstić information content (AvgIpc) is 0. The van der Waals surface area contributed by atoms with E-state index >= 15 is 0 Å². The van der Waals surface area contributed by atoms with Crippen LogP contribution in [-0.4, -0.2) is 0 Å². The summed E-state index contributed by atoms with van der Waals surface area (Å²) >= 11 is 0. The monoisotopic (exact) mass is 521 g/mol. The van der Waals surface area contributed by atoms with Crippen molar-refractivity contribution in [2.24, 2.45) is 0 Å². The first-order chi connectivity index (χ1) is 0. The fraction of sp³-hybridized carbons (Fsp3) is 1.00. The molecule has 0 N–H and O–H groups in total. The molecule has 0 aromatic rings. The zero-order valence-electron chi connectivity index (χ0n) is 0. The van der Waals surface area contributed by atoms with E-state index in [1.807, 2.05) is 0 Å². The molecule has 0 amide bonds. The highest BCUT2D eigenvalue weighted by Gasteiger charge is -0.0486. The summed E-state index contributed by atoms with van der Waals surface area (Å²) in [4.78, 5) is 0. The van der Waals surface area contributed by atoms with Crippen molar-refractivity contribution in [3.8, 4) is 0 Å². The van der Waals surface area contributed by atoms with Gasteiger partial charge in [-0.15, -0.1) is 0 Å². The van der Waals surface area contributed by atoms with Gasteiger partial charge in [0.1, 0.15) is 0 Å². The molecule has 0 aromatic carbocycles. The van der Waals surface area contributed by atoms with Crippen molar-refractivity contribution in [2.75, 3.05) is 0 Å². The molecule has 0 aliphatic carbocycles. The van der Waals surface area contributed by atoms with Gasteiger partial charge in [0, 0.05) is 14.3 Å². The lowest BCUT2D eigenvalue weighted by Crippen LogP contribution is 0.143. The van der Waals surface area contributed by atoms with E-state index in [0.29, 0.717) is 0 Å². The van der Waals surface area contributed by atoms with Crippen molar-refractivity contribution in [2.45, 2.75) is 223 Å². The Balaban J connectivity index is 0. The maximum atomic E-state index is 0. The van der Waals surface area contributed by atoms with Crippen LogP contribution in [0.5, 0.6) is 0 Å². The van der Waals surface area contributed by atoms with E-state index in [1.54, 1.807) is 0 Å². The predicted molar refractivity (Wildman–Crippen MR) is 223 cm³/mol. The SMILES string of the molecule is C.C.C.C.C.C.C.C.C.C.C.C.C.C.C.C.C.C.C.C.C.C.C.C.C.C.C.C.C.C.[3HH].[3HH].[3HH].[3HH].[3HH].[3HH].[3HH].[3HH].[3HH].[3HH]. The lowest BCUT2D eigenvalue weighted by atomic mass is 12.0. The van der Waals surface area contributed by atoms with Gasteiger partial charge in [0.2, 0.25) is 0 Å². The van der Waals surface area contributed by atoms with Crippen LogP contribution in [0.2, 0.25) is 0 Å². The second kappa shape index (κ2) is 0. The molecular weight excluding hydrogens is 360 g/mol. The van der Waals surface area contributed by atoms with Gasteiger partial charge in [0.15, 0.2) is 0 Å². The number of hydrogen-bond donors (Lipinski definition) is 0. The topological polar surface area (TPSA) is 0 Å². The minimum Gasteiger partial charge on any atom is -0.0776 e. The second-order valence-electron chi connectivity index (χ2n) is 0. The van der Waals surface area contributed by atoms with Crippen LogP contribution in [0.1, 0.15) is 237 Å². The highest BCUT2D eigenvalue weighted by Crippen LogP contribution is 0.173. The summed E-state index contributed by atoms with van der Waals surface area (Å²) in [5.74, 6) is 0. The summed E-state index contributed by atoms with van der Waals surface area (Å²) in [6.07, 6.45) is 0. The predicted octanol–water partition coefficient (Wildman–Crippen LogP) is 21.5. The molecular formula is C30H140. The third-order valence-electron chi connectivity index (χ3n) is 0. The Morgan fingerprint density at radius 1 is 0.0667 bits per heavy atom. The Morgan fingerprint density at radius 3 is 0.0667 bits per heavy atom. The second-order valence-corrected chi connectivity index (χ2v) is 0. The lowest BCUT2D eigenvalue weighted by Gasteiger charge is -0.0786. The highest BCUT2D eigenvalue weighted by molar-refractivity contribution is 2.53. The van der Waals surface area contributed by atoms with Gasteiger partial charge in [-0.2, -0.15) is 0 Å². The van der Waals surface area contributed by atoms with Gasteiger partial charge in [-0.25, -0.2) is 0 Å². The molecule has 0 unspecified atom stereocenters. The molecule has 0 fully saturated rings. The summed E-state index contributed by atoms with van der Waals surface area (Å²) in [6, 6.07) is 0. The van der Waals surface area contributed by atoms with Gasteiger partial charge >= 0.3 is 0 Å². The van der Waals surface area contributed by atoms with Gasteiger partial charge in [-0.3, -0.25) is 0 Å². The van der Waals surface area contributed by atoms with Crippen LogP contribution in [0.3, 0.4) is 0 Å². The maximum Gasteiger partial charge on any atom is 0 e. The Morgan fingerprint density at radius 2 is 0.0667 bits per heavy atom. The molecule has 0 saturated heterocycles. The summed E-state index contributed by atoms with van der Waals surface area (Å²) in [5.41, 5.74) is 0. The van der Waals surface area contributed by atoms with E-state index in [0.717, 1.165) is 0 Å². The van der Waals surface area contributed by atoms with E-state index in [2.05, 4.69) is 0 Å². The van der Waals surface area contributed by atoms with Gasteiger partial charge < -0.3 is 0 Å². The van der Waals surface area contributed by atoms with E-state index in [1.165, 1.54) is 0 Å². The van der Waals surface area contributed by atoms with Crippen LogP contribution in [0.4, 0.5) is 0 Å². The van der Waals surface area contributed by atoms with Crippen LogP contribution in [0.15, 0.2) is 0 Å². The molecule has 0 aromatic heterocycles. The summed E-state index contributed by atoms with van der Waals surface area (Å²) in [6.45, 7) is 0. The molecule has 0 spiro atoms. The zero-order valence-corrected chi connectivity index (χ0v) is 0. The molecule has 30 heavy (non-hydrogen) atoms. The van der Waals surface area contributed by atoms with Crippen LogP contribution in [-0.2, 0) is 0 Å². The normalized spacial score (nSPS) is 0. The maximum absolute atomic E-state index is 0. The smallest absolute Gasteiger partial charge is 0 e. The summed E-state index contributed by atoms with van der Waals surface area (Å²) in [5, 5.41) is 0. The van der Waals surface area contributed by atoms with Crippen LogP contribution in [0.25, 0.3) is 0 Å². The van der Waals surface area contributed by atoms with Crippen LogP contribution < -0.4 is 0 Å². The van der Waals surface area contributed by atoms with E-state index in [9.17, 15) is 0 Å². The van der Waals surface area contributed by atoms with Crippen molar-refractivity contribution < 1.29 is 14.3 Å². The van der Waals surface area contributed by atoms with Gasteiger partial charge in [-0.05, 0) is 0 Å². The third-order valence-corrected chi connectivity index (χ3v) is 0. The van der Waals surface area contributed by atoms with Crippen LogP contribution in [0, 0.1) is 0 Å². The number of rotatable bonds is 0. The Hall–Kier alpha value is 0. The molecule has 0 bridgehead atoms. The van der Waals surface area contributed by atoms with Crippen molar-refractivity contribution >= 4 is 0 Å². The van der Waals surface area contributed by atoms with E-state index in [-0.39, 0.29) is 237 Å². The lowest BCUT2D eigenvalue weighted by molar-refractivity contribution is 2.50. The zero-order chi connectivity index (χ0) is 0. The molecule has 0 aliphatic heterocycles. The summed E-state index contributed by atoms with van der Waals surface area (Å²) < 4.78 is 0. The van der Waals surface area contributed by atoms with Crippen molar-refractivity contribution in [1.29, 1.82) is 0 Å². The Kier molecular flexibility index (Phi) is 0. The van der Waals surface area contributed by atoms with E-state index in [4.69, 9.17) is 0 Å². The fourth-order valence-corrected chi connectivity index (χ4v) is 0. The van der Waals surface area contributed by atoms with Crippen molar-refractivity contribution in [3.63, 3.8) is 0 Å². The molecule has 260 valence electrons. The van der Waals surface area contributed by atoms with Crippen molar-refractivity contribution in [1.82, 2.24) is 0 Å². The molecule has 0 atom stereocenters. The molecule has 0 heterocycles. The summed E-state index contributed by atoms with van der Waals surface area (Å²) in [7, 11) is 0. The highest BCUT2D eigenvalue weighted by atomic mass is 12.0. The Labute approximate surface area is 237 Å².